The number of ether oxygens (including phenoxy) is 2. The van der Waals surface area contributed by atoms with E-state index in [1.165, 1.54) is 13.3 Å². The third kappa shape index (κ3) is 3.14. The van der Waals surface area contributed by atoms with Crippen LogP contribution in [0.1, 0.15) is 23.7 Å². The molecule has 1 fully saturated rings. The van der Waals surface area contributed by atoms with Crippen LogP contribution in [0.3, 0.4) is 0 Å². The Hall–Kier alpha value is -1.82. The highest BCUT2D eigenvalue weighted by Gasteiger charge is 2.19. The maximum absolute atomic E-state index is 11.6. The molecule has 1 saturated heterocycles. The van der Waals surface area contributed by atoms with Crippen molar-refractivity contribution in [3.05, 3.63) is 17.8 Å². The standard InChI is InChI=1S/C13H19N3O3/c1-9-8-16(4-3-5-19-9)12-6-10(13(17)18-2)11(14)7-15-12/h6-7,9H,3-5,8,14H2,1-2H3. The molecular formula is C13H19N3O3. The highest BCUT2D eigenvalue weighted by atomic mass is 16.5. The molecule has 0 bridgehead atoms. The number of carbonyl (C=O) groups is 1. The SMILES string of the molecule is COC(=O)c1cc(N2CCCOC(C)C2)ncc1N. The number of rotatable bonds is 2. The van der Waals surface area contributed by atoms with Crippen molar-refractivity contribution in [3.8, 4) is 0 Å². The lowest BCUT2D eigenvalue weighted by Crippen LogP contribution is -2.31. The van der Waals surface area contributed by atoms with E-state index in [1.54, 1.807) is 6.07 Å². The number of hydrogen-bond acceptors (Lipinski definition) is 6. The first-order valence-electron chi connectivity index (χ1n) is 6.32. The first-order chi connectivity index (χ1) is 9.11. The summed E-state index contributed by atoms with van der Waals surface area (Å²) >= 11 is 0. The second-order valence-corrected chi connectivity index (χ2v) is 4.60. The lowest BCUT2D eigenvalue weighted by Gasteiger charge is -2.23. The molecule has 2 heterocycles. The Balaban J connectivity index is 2.26. The van der Waals surface area contributed by atoms with E-state index in [2.05, 4.69) is 9.88 Å². The van der Waals surface area contributed by atoms with Crippen molar-refractivity contribution in [3.63, 3.8) is 0 Å². The Labute approximate surface area is 112 Å². The van der Waals surface area contributed by atoms with Gasteiger partial charge in [-0.05, 0) is 19.4 Å². The molecule has 2 N–H and O–H groups in total. The van der Waals surface area contributed by atoms with Gasteiger partial charge in [0.05, 0.1) is 30.7 Å². The van der Waals surface area contributed by atoms with E-state index in [0.29, 0.717) is 11.3 Å². The molecule has 104 valence electrons. The van der Waals surface area contributed by atoms with Gasteiger partial charge in [-0.3, -0.25) is 0 Å². The van der Waals surface area contributed by atoms with E-state index in [0.717, 1.165) is 31.9 Å². The van der Waals surface area contributed by atoms with E-state index in [1.807, 2.05) is 6.92 Å². The Morgan fingerprint density at radius 2 is 2.42 bits per heavy atom. The van der Waals surface area contributed by atoms with Gasteiger partial charge in [0.25, 0.3) is 0 Å². The minimum atomic E-state index is -0.444. The molecule has 0 amide bonds. The molecule has 1 aromatic heterocycles. The quantitative estimate of drug-likeness (QED) is 0.806. The van der Waals surface area contributed by atoms with Crippen molar-refractivity contribution < 1.29 is 14.3 Å². The third-order valence-electron chi connectivity index (χ3n) is 3.10. The average Bonchev–Trinajstić information content (AvgIpc) is 2.63. The number of nitrogens with two attached hydrogens (primary N) is 1. The van der Waals surface area contributed by atoms with Gasteiger partial charge >= 0.3 is 5.97 Å². The molecule has 1 aliphatic heterocycles. The number of aromatic nitrogens is 1. The second kappa shape index (κ2) is 5.88. The fraction of sp³-hybridized carbons (Fsp3) is 0.538. The predicted molar refractivity (Wildman–Crippen MR) is 72.2 cm³/mol. The predicted octanol–water partition coefficient (Wildman–Crippen LogP) is 1.07. The molecule has 0 aromatic carbocycles. The number of esters is 1. The van der Waals surface area contributed by atoms with Crippen LogP contribution < -0.4 is 10.6 Å². The number of anilines is 2. The first-order valence-corrected chi connectivity index (χ1v) is 6.32. The topological polar surface area (TPSA) is 77.7 Å². The van der Waals surface area contributed by atoms with E-state index >= 15 is 0 Å². The van der Waals surface area contributed by atoms with Crippen LogP contribution in [0.2, 0.25) is 0 Å². The Morgan fingerprint density at radius 1 is 1.63 bits per heavy atom. The van der Waals surface area contributed by atoms with Crippen LogP contribution in [0.4, 0.5) is 11.5 Å². The molecule has 0 radical (unpaired) electrons. The first kappa shape index (κ1) is 13.6. The molecule has 1 atom stereocenters. The molecule has 0 saturated carbocycles. The van der Waals surface area contributed by atoms with Crippen LogP contribution in [-0.4, -0.2) is 43.9 Å². The molecule has 1 unspecified atom stereocenters. The van der Waals surface area contributed by atoms with Gasteiger partial charge in [0, 0.05) is 19.7 Å². The lowest BCUT2D eigenvalue weighted by molar-refractivity contribution is 0.0602. The average molecular weight is 265 g/mol. The maximum Gasteiger partial charge on any atom is 0.340 e. The number of pyridine rings is 1. The number of nitrogen functional groups attached to an aromatic ring is 1. The van der Waals surface area contributed by atoms with Crippen LogP contribution in [0.15, 0.2) is 12.3 Å². The van der Waals surface area contributed by atoms with Crippen LogP contribution >= 0.6 is 0 Å². The number of hydrogen-bond donors (Lipinski definition) is 1. The van der Waals surface area contributed by atoms with E-state index < -0.39 is 5.97 Å². The molecule has 0 spiro atoms. The summed E-state index contributed by atoms with van der Waals surface area (Å²) in [5.41, 5.74) is 6.43. The molecule has 2 rings (SSSR count). The third-order valence-corrected chi connectivity index (χ3v) is 3.10. The van der Waals surface area contributed by atoms with E-state index in [-0.39, 0.29) is 6.10 Å². The van der Waals surface area contributed by atoms with Crippen molar-refractivity contribution >= 4 is 17.5 Å². The zero-order valence-electron chi connectivity index (χ0n) is 11.3. The van der Waals surface area contributed by atoms with Crippen LogP contribution in [0.5, 0.6) is 0 Å². The normalized spacial score (nSPS) is 19.9. The van der Waals surface area contributed by atoms with Crippen LogP contribution in [-0.2, 0) is 9.47 Å². The molecule has 6 nitrogen and oxygen atoms in total. The van der Waals surface area contributed by atoms with Crippen LogP contribution in [0.25, 0.3) is 0 Å². The minimum absolute atomic E-state index is 0.142. The summed E-state index contributed by atoms with van der Waals surface area (Å²) in [7, 11) is 1.34. The highest BCUT2D eigenvalue weighted by Crippen LogP contribution is 2.21. The van der Waals surface area contributed by atoms with Crippen molar-refractivity contribution in [2.45, 2.75) is 19.4 Å². The van der Waals surface area contributed by atoms with Gasteiger partial charge in [-0.15, -0.1) is 0 Å². The van der Waals surface area contributed by atoms with Gasteiger partial charge < -0.3 is 20.1 Å². The summed E-state index contributed by atoms with van der Waals surface area (Å²) in [6.07, 6.45) is 2.57. The Bertz CT molecular complexity index is 464. The fourth-order valence-electron chi connectivity index (χ4n) is 2.12. The Kier molecular flexibility index (Phi) is 4.21. The van der Waals surface area contributed by atoms with Crippen molar-refractivity contribution in [2.24, 2.45) is 0 Å². The van der Waals surface area contributed by atoms with Gasteiger partial charge in [0.2, 0.25) is 0 Å². The minimum Gasteiger partial charge on any atom is -0.465 e. The molecule has 6 heteroatoms. The second-order valence-electron chi connectivity index (χ2n) is 4.60. The monoisotopic (exact) mass is 265 g/mol. The van der Waals surface area contributed by atoms with Gasteiger partial charge in [0.15, 0.2) is 0 Å². The van der Waals surface area contributed by atoms with Gasteiger partial charge in [-0.25, -0.2) is 9.78 Å². The van der Waals surface area contributed by atoms with Gasteiger partial charge in [-0.2, -0.15) is 0 Å². The lowest BCUT2D eigenvalue weighted by atomic mass is 10.2. The zero-order valence-corrected chi connectivity index (χ0v) is 11.3. The summed E-state index contributed by atoms with van der Waals surface area (Å²) in [6.45, 7) is 4.37. The summed E-state index contributed by atoms with van der Waals surface area (Å²) in [5, 5.41) is 0. The van der Waals surface area contributed by atoms with Crippen molar-refractivity contribution in [2.75, 3.05) is 37.4 Å². The summed E-state index contributed by atoms with van der Waals surface area (Å²) in [5.74, 6) is 0.284. The number of carbonyl (C=O) groups excluding carboxylic acids is 1. The van der Waals surface area contributed by atoms with E-state index in [4.69, 9.17) is 15.2 Å². The molecule has 19 heavy (non-hydrogen) atoms. The van der Waals surface area contributed by atoms with Crippen molar-refractivity contribution in [1.29, 1.82) is 0 Å². The molecular weight excluding hydrogens is 246 g/mol. The highest BCUT2D eigenvalue weighted by molar-refractivity contribution is 5.95. The zero-order chi connectivity index (χ0) is 13.8. The fourth-order valence-corrected chi connectivity index (χ4v) is 2.12. The number of nitrogens with zero attached hydrogens (tertiary/aromatic N) is 2. The Morgan fingerprint density at radius 3 is 3.16 bits per heavy atom. The van der Waals surface area contributed by atoms with Crippen LogP contribution in [0, 0.1) is 0 Å². The summed E-state index contributed by atoms with van der Waals surface area (Å²) in [4.78, 5) is 18.0. The largest absolute Gasteiger partial charge is 0.465 e. The molecule has 0 aliphatic carbocycles. The smallest absolute Gasteiger partial charge is 0.340 e. The maximum atomic E-state index is 11.6. The summed E-state index contributed by atoms with van der Waals surface area (Å²) in [6, 6.07) is 1.68. The van der Waals surface area contributed by atoms with Crippen molar-refractivity contribution in [1.82, 2.24) is 4.98 Å². The van der Waals surface area contributed by atoms with Gasteiger partial charge in [0.1, 0.15) is 5.82 Å². The van der Waals surface area contributed by atoms with E-state index in [9.17, 15) is 4.79 Å². The molecule has 1 aromatic rings. The molecule has 1 aliphatic rings. The summed E-state index contributed by atoms with van der Waals surface area (Å²) < 4.78 is 10.3. The number of methoxy groups -OCH3 is 1. The van der Waals surface area contributed by atoms with Gasteiger partial charge in [-0.1, -0.05) is 0 Å².